The highest BCUT2D eigenvalue weighted by atomic mass is 16.5. The second-order valence-electron chi connectivity index (χ2n) is 6.38. The number of nitrogens with zero attached hydrogens (tertiary/aromatic N) is 2. The molecule has 1 aromatic heterocycles. The van der Waals surface area contributed by atoms with E-state index in [4.69, 9.17) is 5.21 Å². The number of hydroxylamine groups is 1. The van der Waals surface area contributed by atoms with Crippen LogP contribution in [0.5, 0.6) is 0 Å². The number of hydrogen-bond acceptors (Lipinski definition) is 6. The minimum Gasteiger partial charge on any atom is -0.357 e. The van der Waals surface area contributed by atoms with Crippen molar-refractivity contribution in [1.82, 2.24) is 20.8 Å². The minimum absolute atomic E-state index is 0.0989. The zero-order valence-corrected chi connectivity index (χ0v) is 14.8. The van der Waals surface area contributed by atoms with Gasteiger partial charge in [-0.15, -0.1) is 0 Å². The molecule has 1 heterocycles. The average molecular weight is 367 g/mol. The fourth-order valence-electron chi connectivity index (χ4n) is 2.97. The molecule has 0 saturated heterocycles. The molecule has 0 aliphatic heterocycles. The summed E-state index contributed by atoms with van der Waals surface area (Å²) >= 11 is 0. The van der Waals surface area contributed by atoms with Gasteiger partial charge in [0.1, 0.15) is 11.9 Å². The lowest BCUT2D eigenvalue weighted by Gasteiger charge is -2.18. The van der Waals surface area contributed by atoms with E-state index in [1.54, 1.807) is 6.92 Å². The van der Waals surface area contributed by atoms with Crippen LogP contribution >= 0.6 is 0 Å². The SMILES string of the molecule is C[C@@H](Nc1cnc(/C=C/C(=O)NO)cn1)C(=O)NC1Cc2ccccc2C1. The third kappa shape index (κ3) is 4.89. The normalized spacial score (nSPS) is 14.6. The number of anilines is 1. The molecule has 8 nitrogen and oxygen atoms in total. The van der Waals surface area contributed by atoms with Crippen molar-refractivity contribution in [2.45, 2.75) is 31.8 Å². The highest BCUT2D eigenvalue weighted by Crippen LogP contribution is 2.21. The number of nitrogens with one attached hydrogen (secondary N) is 3. The summed E-state index contributed by atoms with van der Waals surface area (Å²) in [6.07, 6.45) is 7.17. The highest BCUT2D eigenvalue weighted by molar-refractivity contribution is 5.90. The van der Waals surface area contributed by atoms with Crippen molar-refractivity contribution in [1.29, 1.82) is 0 Å². The van der Waals surface area contributed by atoms with Crippen LogP contribution in [0.15, 0.2) is 42.7 Å². The van der Waals surface area contributed by atoms with Crippen molar-refractivity contribution in [3.63, 3.8) is 0 Å². The molecule has 2 amide bonds. The molecular formula is C19H21N5O3. The van der Waals surface area contributed by atoms with Gasteiger partial charge in [-0.1, -0.05) is 24.3 Å². The monoisotopic (exact) mass is 367 g/mol. The fourth-order valence-corrected chi connectivity index (χ4v) is 2.97. The molecular weight excluding hydrogens is 346 g/mol. The molecule has 4 N–H and O–H groups in total. The molecule has 27 heavy (non-hydrogen) atoms. The van der Waals surface area contributed by atoms with Gasteiger partial charge in [0.25, 0.3) is 5.91 Å². The van der Waals surface area contributed by atoms with Crippen molar-refractivity contribution in [2.24, 2.45) is 0 Å². The molecule has 0 fully saturated rings. The van der Waals surface area contributed by atoms with Gasteiger partial charge < -0.3 is 10.6 Å². The van der Waals surface area contributed by atoms with Crippen LogP contribution in [-0.2, 0) is 22.4 Å². The van der Waals surface area contributed by atoms with E-state index >= 15 is 0 Å². The van der Waals surface area contributed by atoms with Crippen molar-refractivity contribution >= 4 is 23.7 Å². The van der Waals surface area contributed by atoms with E-state index in [0.29, 0.717) is 11.5 Å². The number of fused-ring (bicyclic) bond motifs is 1. The number of rotatable bonds is 6. The van der Waals surface area contributed by atoms with E-state index in [9.17, 15) is 9.59 Å². The molecule has 0 radical (unpaired) electrons. The van der Waals surface area contributed by atoms with Crippen molar-refractivity contribution in [3.05, 3.63) is 59.6 Å². The highest BCUT2D eigenvalue weighted by Gasteiger charge is 2.24. The summed E-state index contributed by atoms with van der Waals surface area (Å²) in [6.45, 7) is 1.76. The van der Waals surface area contributed by atoms with Gasteiger partial charge in [0.2, 0.25) is 5.91 Å². The Morgan fingerprint density at radius 2 is 1.89 bits per heavy atom. The maximum atomic E-state index is 12.4. The van der Waals surface area contributed by atoms with E-state index in [0.717, 1.165) is 18.9 Å². The van der Waals surface area contributed by atoms with Crippen LogP contribution in [0.1, 0.15) is 23.7 Å². The third-order valence-corrected chi connectivity index (χ3v) is 4.34. The van der Waals surface area contributed by atoms with E-state index in [-0.39, 0.29) is 11.9 Å². The van der Waals surface area contributed by atoms with Crippen LogP contribution in [0.4, 0.5) is 5.82 Å². The Morgan fingerprint density at radius 1 is 1.19 bits per heavy atom. The van der Waals surface area contributed by atoms with Gasteiger partial charge >= 0.3 is 0 Å². The number of carbonyl (C=O) groups excluding carboxylic acids is 2. The second kappa shape index (κ2) is 8.41. The van der Waals surface area contributed by atoms with Crippen molar-refractivity contribution in [2.75, 3.05) is 5.32 Å². The average Bonchev–Trinajstić information content (AvgIpc) is 3.09. The molecule has 0 unspecified atom stereocenters. The Bertz CT molecular complexity index is 826. The first-order valence-corrected chi connectivity index (χ1v) is 8.63. The Kier molecular flexibility index (Phi) is 5.77. The van der Waals surface area contributed by atoms with Crippen LogP contribution in [0, 0.1) is 0 Å². The van der Waals surface area contributed by atoms with Crippen LogP contribution in [-0.4, -0.2) is 39.1 Å². The molecule has 8 heteroatoms. The van der Waals surface area contributed by atoms with E-state index < -0.39 is 11.9 Å². The zero-order chi connectivity index (χ0) is 19.2. The predicted molar refractivity (Wildman–Crippen MR) is 99.9 cm³/mol. The predicted octanol–water partition coefficient (Wildman–Crippen LogP) is 1.08. The minimum atomic E-state index is -0.654. The van der Waals surface area contributed by atoms with Gasteiger partial charge in [-0.25, -0.2) is 10.5 Å². The maximum Gasteiger partial charge on any atom is 0.267 e. The summed E-state index contributed by atoms with van der Waals surface area (Å²) in [5.41, 5.74) is 4.51. The summed E-state index contributed by atoms with van der Waals surface area (Å²) in [6, 6.07) is 7.86. The van der Waals surface area contributed by atoms with Gasteiger partial charge in [-0.2, -0.15) is 0 Å². The lowest BCUT2D eigenvalue weighted by atomic mass is 10.1. The topological polar surface area (TPSA) is 116 Å². The first-order chi connectivity index (χ1) is 13.0. The Hall–Kier alpha value is -3.26. The van der Waals surface area contributed by atoms with Crippen LogP contribution < -0.4 is 16.1 Å². The smallest absolute Gasteiger partial charge is 0.267 e. The molecule has 1 aliphatic carbocycles. The zero-order valence-electron chi connectivity index (χ0n) is 14.8. The Balaban J connectivity index is 1.51. The summed E-state index contributed by atoms with van der Waals surface area (Å²) in [7, 11) is 0. The molecule has 2 aromatic rings. The van der Waals surface area contributed by atoms with E-state index in [2.05, 4.69) is 32.7 Å². The quantitative estimate of drug-likeness (QED) is 0.345. The lowest BCUT2D eigenvalue weighted by molar-refractivity contribution is -0.124. The number of carbonyl (C=O) groups is 2. The molecule has 3 rings (SSSR count). The number of benzene rings is 1. The summed E-state index contributed by atoms with van der Waals surface area (Å²) in [5, 5.41) is 14.5. The molecule has 0 spiro atoms. The Labute approximate surface area is 156 Å². The summed E-state index contributed by atoms with van der Waals surface area (Å²) in [4.78, 5) is 31.7. The molecule has 1 aliphatic rings. The van der Waals surface area contributed by atoms with Gasteiger partial charge in [0, 0.05) is 12.1 Å². The number of amides is 2. The van der Waals surface area contributed by atoms with E-state index in [1.165, 1.54) is 35.1 Å². The molecule has 1 aromatic carbocycles. The largest absolute Gasteiger partial charge is 0.357 e. The van der Waals surface area contributed by atoms with Crippen LogP contribution in [0.3, 0.4) is 0 Å². The molecule has 140 valence electrons. The molecule has 0 saturated carbocycles. The van der Waals surface area contributed by atoms with Crippen molar-refractivity contribution in [3.8, 4) is 0 Å². The fraction of sp³-hybridized carbons (Fsp3) is 0.263. The van der Waals surface area contributed by atoms with Crippen LogP contribution in [0.2, 0.25) is 0 Å². The number of aromatic nitrogens is 2. The third-order valence-electron chi connectivity index (χ3n) is 4.34. The van der Waals surface area contributed by atoms with Crippen molar-refractivity contribution < 1.29 is 14.8 Å². The van der Waals surface area contributed by atoms with Gasteiger partial charge in [-0.05, 0) is 37.0 Å². The van der Waals surface area contributed by atoms with Gasteiger partial charge in [0.15, 0.2) is 0 Å². The van der Waals surface area contributed by atoms with Crippen LogP contribution in [0.25, 0.3) is 6.08 Å². The van der Waals surface area contributed by atoms with Gasteiger partial charge in [-0.3, -0.25) is 19.8 Å². The summed E-state index contributed by atoms with van der Waals surface area (Å²) in [5.74, 6) is -0.298. The Morgan fingerprint density at radius 3 is 2.48 bits per heavy atom. The standard InChI is InChI=1S/C19H21N5O3/c1-12(19(26)23-16-8-13-4-2-3-5-14(13)9-16)22-17-11-20-15(10-21-17)6-7-18(25)24-27/h2-7,10-12,16,27H,8-9H2,1H3,(H,21,22)(H,23,26)(H,24,25)/b7-6+/t12-/m1/s1. The second-order valence-corrected chi connectivity index (χ2v) is 6.38. The first kappa shape index (κ1) is 18.5. The first-order valence-electron chi connectivity index (χ1n) is 8.63. The molecule has 0 bridgehead atoms. The van der Waals surface area contributed by atoms with E-state index in [1.807, 2.05) is 12.1 Å². The molecule has 1 atom stereocenters. The summed E-state index contributed by atoms with van der Waals surface area (Å²) < 4.78 is 0. The number of hydrogen-bond donors (Lipinski definition) is 4. The van der Waals surface area contributed by atoms with Gasteiger partial charge in [0.05, 0.1) is 18.1 Å². The lowest BCUT2D eigenvalue weighted by Crippen LogP contribution is -2.43. The maximum absolute atomic E-state index is 12.4.